The van der Waals surface area contributed by atoms with Gasteiger partial charge in [0.2, 0.25) is 11.8 Å². The van der Waals surface area contributed by atoms with Gasteiger partial charge in [0, 0.05) is 24.3 Å². The first-order valence-corrected chi connectivity index (χ1v) is 6.65. The van der Waals surface area contributed by atoms with E-state index in [1.165, 1.54) is 0 Å². The van der Waals surface area contributed by atoms with Gasteiger partial charge < -0.3 is 16.0 Å². The molecule has 1 aromatic rings. The molecule has 1 fully saturated rings. The van der Waals surface area contributed by atoms with Crippen molar-refractivity contribution in [3.05, 3.63) is 23.8 Å². The summed E-state index contributed by atoms with van der Waals surface area (Å²) in [5.41, 5.74) is 8.66. The summed E-state index contributed by atoms with van der Waals surface area (Å²) in [4.78, 5) is 25.5. The Morgan fingerprint density at radius 1 is 1.35 bits per heavy atom. The molecule has 1 aromatic carbocycles. The zero-order valence-electron chi connectivity index (χ0n) is 11.1. The molecule has 0 bridgehead atoms. The first kappa shape index (κ1) is 14.7. The molecule has 2 amide bonds. The standard InChI is InChI=1S/C14H17N3O2.ClH/c15-10-4-1-5-12-9(10)3-2-8-17(12)14(19)11-6-7-13(18)16-11;/h1,4-5,11H,2-3,6-8,15H2,(H,16,18);1H. The highest BCUT2D eigenvalue weighted by atomic mass is 35.5. The number of halogens is 1. The maximum absolute atomic E-state index is 12.5. The van der Waals surface area contributed by atoms with E-state index in [-0.39, 0.29) is 30.3 Å². The lowest BCUT2D eigenvalue weighted by Crippen LogP contribution is -2.46. The van der Waals surface area contributed by atoms with E-state index in [9.17, 15) is 9.59 Å². The molecule has 2 aliphatic heterocycles. The van der Waals surface area contributed by atoms with Crippen molar-refractivity contribution < 1.29 is 9.59 Å². The lowest BCUT2D eigenvalue weighted by Gasteiger charge is -2.32. The minimum Gasteiger partial charge on any atom is -0.398 e. The van der Waals surface area contributed by atoms with Crippen LogP contribution in [0.3, 0.4) is 0 Å². The molecule has 1 atom stereocenters. The van der Waals surface area contributed by atoms with E-state index in [0.29, 0.717) is 19.4 Å². The van der Waals surface area contributed by atoms with Crippen molar-refractivity contribution in [1.82, 2.24) is 5.32 Å². The first-order chi connectivity index (χ1) is 9.16. The second kappa shape index (κ2) is 5.71. The van der Waals surface area contributed by atoms with Gasteiger partial charge in [-0.2, -0.15) is 0 Å². The summed E-state index contributed by atoms with van der Waals surface area (Å²) in [6.07, 6.45) is 2.84. The van der Waals surface area contributed by atoms with Crippen molar-refractivity contribution >= 4 is 35.6 Å². The summed E-state index contributed by atoms with van der Waals surface area (Å²) in [5, 5.41) is 2.73. The Bertz CT molecular complexity index is 547. The first-order valence-electron chi connectivity index (χ1n) is 6.65. The van der Waals surface area contributed by atoms with Crippen LogP contribution >= 0.6 is 12.4 Å². The number of rotatable bonds is 1. The Balaban J connectivity index is 0.00000147. The van der Waals surface area contributed by atoms with Crippen LogP contribution in [0.2, 0.25) is 0 Å². The van der Waals surface area contributed by atoms with Gasteiger partial charge in [-0.05, 0) is 37.0 Å². The van der Waals surface area contributed by atoms with E-state index < -0.39 is 0 Å². The van der Waals surface area contributed by atoms with Gasteiger partial charge in [0.1, 0.15) is 6.04 Å². The van der Waals surface area contributed by atoms with E-state index in [1.807, 2.05) is 18.2 Å². The number of fused-ring (bicyclic) bond motifs is 1. The molecule has 0 radical (unpaired) electrons. The largest absolute Gasteiger partial charge is 0.398 e. The highest BCUT2D eigenvalue weighted by Crippen LogP contribution is 2.32. The van der Waals surface area contributed by atoms with Gasteiger partial charge in [0.15, 0.2) is 0 Å². The molecular formula is C14H18ClN3O2. The molecule has 1 unspecified atom stereocenters. The van der Waals surface area contributed by atoms with Crippen molar-refractivity contribution in [3.63, 3.8) is 0 Å². The molecule has 0 aromatic heterocycles. The normalized spacial score (nSPS) is 20.9. The van der Waals surface area contributed by atoms with Crippen molar-refractivity contribution in [2.24, 2.45) is 0 Å². The highest BCUT2D eigenvalue weighted by molar-refractivity contribution is 6.02. The Labute approximate surface area is 123 Å². The van der Waals surface area contributed by atoms with Gasteiger partial charge in [-0.25, -0.2) is 0 Å². The number of carbonyl (C=O) groups excluding carboxylic acids is 2. The number of nitrogen functional groups attached to an aromatic ring is 1. The average Bonchev–Trinajstić information content (AvgIpc) is 2.85. The zero-order chi connectivity index (χ0) is 13.4. The fourth-order valence-electron chi connectivity index (χ4n) is 2.87. The van der Waals surface area contributed by atoms with E-state index in [1.54, 1.807) is 4.90 Å². The van der Waals surface area contributed by atoms with Crippen LogP contribution < -0.4 is 16.0 Å². The number of benzene rings is 1. The predicted molar refractivity (Wildman–Crippen MR) is 79.9 cm³/mol. The maximum Gasteiger partial charge on any atom is 0.249 e. The molecule has 1 saturated heterocycles. The second-order valence-corrected chi connectivity index (χ2v) is 5.10. The summed E-state index contributed by atoms with van der Waals surface area (Å²) in [6, 6.07) is 5.29. The average molecular weight is 296 g/mol. The fraction of sp³-hybridized carbons (Fsp3) is 0.429. The third kappa shape index (κ3) is 2.45. The summed E-state index contributed by atoms with van der Waals surface area (Å²) in [7, 11) is 0. The monoisotopic (exact) mass is 295 g/mol. The number of nitrogens with two attached hydrogens (primary N) is 1. The van der Waals surface area contributed by atoms with Crippen LogP contribution in [-0.4, -0.2) is 24.4 Å². The summed E-state index contributed by atoms with van der Waals surface area (Å²) in [5.74, 6) is -0.0550. The van der Waals surface area contributed by atoms with E-state index >= 15 is 0 Å². The van der Waals surface area contributed by atoms with Crippen LogP contribution in [0.1, 0.15) is 24.8 Å². The maximum atomic E-state index is 12.5. The SMILES string of the molecule is Cl.Nc1cccc2c1CCCN2C(=O)C1CCC(=O)N1. The molecule has 0 spiro atoms. The number of hydrogen-bond acceptors (Lipinski definition) is 3. The molecule has 108 valence electrons. The lowest BCUT2D eigenvalue weighted by molar-refractivity contribution is -0.124. The Hall–Kier alpha value is -1.75. The molecule has 0 aliphatic carbocycles. The molecule has 20 heavy (non-hydrogen) atoms. The molecule has 2 heterocycles. The van der Waals surface area contributed by atoms with Crippen molar-refractivity contribution in [2.45, 2.75) is 31.7 Å². The lowest BCUT2D eigenvalue weighted by atomic mass is 9.99. The number of nitrogens with zero attached hydrogens (tertiary/aromatic N) is 1. The summed E-state index contributed by atoms with van der Waals surface area (Å²) in [6.45, 7) is 0.696. The van der Waals surface area contributed by atoms with Gasteiger partial charge in [0.05, 0.1) is 0 Å². The van der Waals surface area contributed by atoms with Gasteiger partial charge >= 0.3 is 0 Å². The number of anilines is 2. The Kier molecular flexibility index (Phi) is 4.18. The van der Waals surface area contributed by atoms with E-state index in [4.69, 9.17) is 5.73 Å². The van der Waals surface area contributed by atoms with E-state index in [2.05, 4.69) is 5.32 Å². The van der Waals surface area contributed by atoms with Crippen molar-refractivity contribution in [2.75, 3.05) is 17.2 Å². The summed E-state index contributed by atoms with van der Waals surface area (Å²) >= 11 is 0. The Morgan fingerprint density at radius 2 is 2.15 bits per heavy atom. The van der Waals surface area contributed by atoms with Crippen LogP contribution in [0.15, 0.2) is 18.2 Å². The summed E-state index contributed by atoms with van der Waals surface area (Å²) < 4.78 is 0. The third-order valence-corrected chi connectivity index (χ3v) is 3.85. The molecule has 6 heteroatoms. The quantitative estimate of drug-likeness (QED) is 0.766. The van der Waals surface area contributed by atoms with Crippen LogP contribution in [0, 0.1) is 0 Å². The van der Waals surface area contributed by atoms with Crippen LogP contribution in [0.25, 0.3) is 0 Å². The number of amides is 2. The van der Waals surface area contributed by atoms with Crippen molar-refractivity contribution in [3.8, 4) is 0 Å². The molecule has 3 N–H and O–H groups in total. The molecule has 2 aliphatic rings. The predicted octanol–water partition coefficient (Wildman–Crippen LogP) is 1.25. The minimum atomic E-state index is -0.375. The second-order valence-electron chi connectivity index (χ2n) is 5.10. The van der Waals surface area contributed by atoms with Gasteiger partial charge in [-0.1, -0.05) is 6.07 Å². The van der Waals surface area contributed by atoms with Gasteiger partial charge in [0.25, 0.3) is 0 Å². The van der Waals surface area contributed by atoms with Crippen LogP contribution in [0.5, 0.6) is 0 Å². The number of nitrogens with one attached hydrogen (secondary N) is 1. The van der Waals surface area contributed by atoms with E-state index in [0.717, 1.165) is 29.8 Å². The van der Waals surface area contributed by atoms with Crippen molar-refractivity contribution in [1.29, 1.82) is 0 Å². The van der Waals surface area contributed by atoms with Gasteiger partial charge in [-0.15, -0.1) is 12.4 Å². The molecular weight excluding hydrogens is 278 g/mol. The highest BCUT2D eigenvalue weighted by Gasteiger charge is 2.33. The topological polar surface area (TPSA) is 75.4 Å². The van der Waals surface area contributed by atoms with Crippen LogP contribution in [0.4, 0.5) is 11.4 Å². The number of carbonyl (C=O) groups is 2. The zero-order valence-corrected chi connectivity index (χ0v) is 11.9. The molecule has 5 nitrogen and oxygen atoms in total. The number of hydrogen-bond donors (Lipinski definition) is 2. The molecule has 3 rings (SSSR count). The Morgan fingerprint density at radius 3 is 2.85 bits per heavy atom. The fourth-order valence-corrected chi connectivity index (χ4v) is 2.87. The van der Waals surface area contributed by atoms with Gasteiger partial charge in [-0.3, -0.25) is 9.59 Å². The smallest absolute Gasteiger partial charge is 0.249 e. The minimum absolute atomic E-state index is 0. The third-order valence-electron chi connectivity index (χ3n) is 3.85. The molecule has 0 saturated carbocycles. The van der Waals surface area contributed by atoms with Crippen LogP contribution in [-0.2, 0) is 16.0 Å².